The molecule has 4 heteroatoms. The number of thiophene rings is 1. The lowest BCUT2D eigenvalue weighted by Gasteiger charge is -2.13. The van der Waals surface area contributed by atoms with Crippen LogP contribution in [0.25, 0.3) is 0 Å². The summed E-state index contributed by atoms with van der Waals surface area (Å²) >= 11 is 1.74. The van der Waals surface area contributed by atoms with Crippen LogP contribution >= 0.6 is 11.3 Å². The summed E-state index contributed by atoms with van der Waals surface area (Å²) in [6, 6.07) is 2.56. The molecule has 2 rings (SSSR count). The van der Waals surface area contributed by atoms with Crippen LogP contribution in [0.3, 0.4) is 0 Å². The van der Waals surface area contributed by atoms with Crippen LogP contribution in [0.5, 0.6) is 0 Å². The van der Waals surface area contributed by atoms with Gasteiger partial charge in [-0.15, -0.1) is 0 Å². The van der Waals surface area contributed by atoms with Gasteiger partial charge in [0, 0.05) is 25.3 Å². The first-order chi connectivity index (χ1) is 7.81. The van der Waals surface area contributed by atoms with Crippen LogP contribution in [-0.4, -0.2) is 9.55 Å². The van der Waals surface area contributed by atoms with Crippen LogP contribution in [0.15, 0.2) is 29.4 Å². The molecule has 2 heterocycles. The highest BCUT2D eigenvalue weighted by Crippen LogP contribution is 2.16. The zero-order chi connectivity index (χ0) is 11.4. The Morgan fingerprint density at radius 3 is 3.12 bits per heavy atom. The molecule has 1 unspecified atom stereocenters. The molecule has 0 aliphatic heterocycles. The first kappa shape index (κ1) is 11.4. The van der Waals surface area contributed by atoms with Crippen molar-refractivity contribution < 1.29 is 0 Å². The Kier molecular flexibility index (Phi) is 3.74. The molecule has 16 heavy (non-hydrogen) atoms. The molecule has 0 bridgehead atoms. The molecule has 0 saturated carbocycles. The molecular weight excluding hydrogens is 218 g/mol. The molecule has 2 aromatic heterocycles. The Balaban J connectivity index is 1.92. The number of aryl methyl sites for hydroxylation is 1. The third-order valence-electron chi connectivity index (χ3n) is 2.77. The molecule has 0 aromatic carbocycles. The average molecular weight is 235 g/mol. The van der Waals surface area contributed by atoms with E-state index in [-0.39, 0.29) is 0 Å². The normalized spacial score (nSPS) is 12.9. The SMILES string of the molecule is CCn1cncc1CNC(C)c1ccsc1. The molecule has 2 aromatic rings. The molecule has 3 nitrogen and oxygen atoms in total. The van der Waals surface area contributed by atoms with E-state index in [1.807, 2.05) is 12.5 Å². The second-order valence-corrected chi connectivity index (χ2v) is 4.61. The lowest BCUT2D eigenvalue weighted by Crippen LogP contribution is -2.19. The number of nitrogens with one attached hydrogen (secondary N) is 1. The van der Waals surface area contributed by atoms with Gasteiger partial charge in [0.2, 0.25) is 0 Å². The topological polar surface area (TPSA) is 29.9 Å². The minimum atomic E-state index is 0.395. The van der Waals surface area contributed by atoms with Gasteiger partial charge in [-0.05, 0) is 36.2 Å². The van der Waals surface area contributed by atoms with E-state index in [9.17, 15) is 0 Å². The molecule has 0 fully saturated rings. The lowest BCUT2D eigenvalue weighted by molar-refractivity contribution is 0.551. The molecule has 0 spiro atoms. The molecule has 1 N–H and O–H groups in total. The first-order valence-corrected chi connectivity index (χ1v) is 6.50. The average Bonchev–Trinajstić information content (AvgIpc) is 2.96. The number of imidazole rings is 1. The summed E-state index contributed by atoms with van der Waals surface area (Å²) in [5.74, 6) is 0. The van der Waals surface area contributed by atoms with Crippen molar-refractivity contribution in [3.8, 4) is 0 Å². The molecule has 1 atom stereocenters. The maximum Gasteiger partial charge on any atom is 0.0948 e. The van der Waals surface area contributed by atoms with Crippen molar-refractivity contribution >= 4 is 11.3 Å². The van der Waals surface area contributed by atoms with Gasteiger partial charge in [0.15, 0.2) is 0 Å². The summed E-state index contributed by atoms with van der Waals surface area (Å²) in [5, 5.41) is 7.81. The Labute approximate surface area is 100 Å². The summed E-state index contributed by atoms with van der Waals surface area (Å²) < 4.78 is 2.16. The van der Waals surface area contributed by atoms with Crippen LogP contribution in [0, 0.1) is 0 Å². The Bertz CT molecular complexity index is 419. The largest absolute Gasteiger partial charge is 0.334 e. The second-order valence-electron chi connectivity index (χ2n) is 3.83. The van der Waals surface area contributed by atoms with Crippen LogP contribution in [0.4, 0.5) is 0 Å². The van der Waals surface area contributed by atoms with Gasteiger partial charge in [0.05, 0.1) is 12.0 Å². The minimum Gasteiger partial charge on any atom is -0.334 e. The number of aromatic nitrogens is 2. The van der Waals surface area contributed by atoms with Crippen LogP contribution in [0.2, 0.25) is 0 Å². The van der Waals surface area contributed by atoms with E-state index in [0.29, 0.717) is 6.04 Å². The van der Waals surface area contributed by atoms with Gasteiger partial charge in [-0.1, -0.05) is 0 Å². The van der Waals surface area contributed by atoms with E-state index in [1.165, 1.54) is 11.3 Å². The molecule has 0 aliphatic rings. The molecule has 0 radical (unpaired) electrons. The van der Waals surface area contributed by atoms with E-state index in [0.717, 1.165) is 13.1 Å². The van der Waals surface area contributed by atoms with Gasteiger partial charge in [-0.2, -0.15) is 11.3 Å². The second kappa shape index (κ2) is 5.27. The number of rotatable bonds is 5. The Morgan fingerprint density at radius 1 is 1.56 bits per heavy atom. The highest BCUT2D eigenvalue weighted by molar-refractivity contribution is 7.07. The van der Waals surface area contributed by atoms with E-state index in [4.69, 9.17) is 0 Å². The summed E-state index contributed by atoms with van der Waals surface area (Å²) in [7, 11) is 0. The molecule has 0 aliphatic carbocycles. The predicted octanol–water partition coefficient (Wildman–Crippen LogP) is 2.82. The van der Waals surface area contributed by atoms with Gasteiger partial charge in [-0.25, -0.2) is 4.98 Å². The quantitative estimate of drug-likeness (QED) is 0.863. The van der Waals surface area contributed by atoms with Crippen LogP contribution < -0.4 is 5.32 Å². The smallest absolute Gasteiger partial charge is 0.0948 e. The molecular formula is C12H17N3S. The first-order valence-electron chi connectivity index (χ1n) is 5.55. The zero-order valence-electron chi connectivity index (χ0n) is 9.68. The van der Waals surface area contributed by atoms with Crippen molar-refractivity contribution in [3.63, 3.8) is 0 Å². The third kappa shape index (κ3) is 2.51. The van der Waals surface area contributed by atoms with E-state index >= 15 is 0 Å². The summed E-state index contributed by atoms with van der Waals surface area (Å²) in [6.45, 7) is 6.16. The zero-order valence-corrected chi connectivity index (χ0v) is 10.5. The Hall–Kier alpha value is -1.13. The van der Waals surface area contributed by atoms with E-state index in [2.05, 4.69) is 45.5 Å². The fourth-order valence-corrected chi connectivity index (χ4v) is 2.43. The number of nitrogens with zero attached hydrogens (tertiary/aromatic N) is 2. The van der Waals surface area contributed by atoms with E-state index < -0.39 is 0 Å². The molecule has 0 saturated heterocycles. The van der Waals surface area contributed by atoms with Gasteiger partial charge in [0.25, 0.3) is 0 Å². The fourth-order valence-electron chi connectivity index (χ4n) is 1.68. The van der Waals surface area contributed by atoms with Crippen molar-refractivity contribution in [1.82, 2.24) is 14.9 Å². The summed E-state index contributed by atoms with van der Waals surface area (Å²) in [6.07, 6.45) is 3.81. The van der Waals surface area contributed by atoms with Crippen molar-refractivity contribution in [2.24, 2.45) is 0 Å². The van der Waals surface area contributed by atoms with Gasteiger partial charge in [-0.3, -0.25) is 0 Å². The number of hydrogen-bond donors (Lipinski definition) is 1. The maximum atomic E-state index is 4.16. The summed E-state index contributed by atoms with van der Waals surface area (Å²) in [5.41, 5.74) is 2.59. The standard InChI is InChI=1S/C12H17N3S/c1-3-15-9-13-6-12(15)7-14-10(2)11-4-5-16-8-11/h4-6,8-10,14H,3,7H2,1-2H3. The third-order valence-corrected chi connectivity index (χ3v) is 3.47. The van der Waals surface area contributed by atoms with Gasteiger partial charge >= 0.3 is 0 Å². The van der Waals surface area contributed by atoms with Gasteiger partial charge < -0.3 is 9.88 Å². The Morgan fingerprint density at radius 2 is 2.44 bits per heavy atom. The predicted molar refractivity (Wildman–Crippen MR) is 67.5 cm³/mol. The van der Waals surface area contributed by atoms with Crippen molar-refractivity contribution in [2.75, 3.05) is 0 Å². The van der Waals surface area contributed by atoms with Crippen molar-refractivity contribution in [2.45, 2.75) is 33.0 Å². The van der Waals surface area contributed by atoms with Crippen molar-refractivity contribution in [3.05, 3.63) is 40.6 Å². The highest BCUT2D eigenvalue weighted by atomic mass is 32.1. The number of hydrogen-bond acceptors (Lipinski definition) is 3. The minimum absolute atomic E-state index is 0.395. The highest BCUT2D eigenvalue weighted by Gasteiger charge is 2.06. The van der Waals surface area contributed by atoms with Gasteiger partial charge in [0.1, 0.15) is 0 Å². The monoisotopic (exact) mass is 235 g/mol. The van der Waals surface area contributed by atoms with Crippen molar-refractivity contribution in [1.29, 1.82) is 0 Å². The molecule has 0 amide bonds. The van der Waals surface area contributed by atoms with Crippen LogP contribution in [0.1, 0.15) is 31.1 Å². The maximum absolute atomic E-state index is 4.16. The molecule has 86 valence electrons. The summed E-state index contributed by atoms with van der Waals surface area (Å²) in [4.78, 5) is 4.16. The van der Waals surface area contributed by atoms with E-state index in [1.54, 1.807) is 11.3 Å². The lowest BCUT2D eigenvalue weighted by atomic mass is 10.2. The van der Waals surface area contributed by atoms with Crippen LogP contribution in [-0.2, 0) is 13.1 Å². The fraction of sp³-hybridized carbons (Fsp3) is 0.417.